The zero-order valence-electron chi connectivity index (χ0n) is 19.0. The van der Waals surface area contributed by atoms with Gasteiger partial charge in [0.1, 0.15) is 11.5 Å². The minimum atomic E-state index is -3.86. The summed E-state index contributed by atoms with van der Waals surface area (Å²) in [6, 6.07) is 13.7. The van der Waals surface area contributed by atoms with E-state index in [1.807, 2.05) is 48.5 Å². The maximum Gasteiger partial charge on any atom is 0.328 e. The molecule has 0 fully saturated rings. The van der Waals surface area contributed by atoms with Gasteiger partial charge in [-0.3, -0.25) is 4.79 Å². The molecule has 0 amide bonds. The van der Waals surface area contributed by atoms with Crippen LogP contribution in [0.25, 0.3) is 16.7 Å². The SMILES string of the molecule is COC(=O)C(C)(C)S(=O)(=O)N1CC=C(c2ccc(-c3cccc(OC)c3)c(OC)c2)CC1. The molecule has 0 saturated heterocycles. The number of carbonyl (C=O) groups excluding carboxylic acids is 1. The van der Waals surface area contributed by atoms with Gasteiger partial charge in [-0.15, -0.1) is 0 Å². The Morgan fingerprint density at radius 3 is 2.34 bits per heavy atom. The summed E-state index contributed by atoms with van der Waals surface area (Å²) < 4.78 is 41.3. The van der Waals surface area contributed by atoms with Crippen molar-refractivity contribution in [3.05, 3.63) is 54.1 Å². The highest BCUT2D eigenvalue weighted by Gasteiger charge is 2.46. The molecular formula is C24H29NO6S. The largest absolute Gasteiger partial charge is 0.497 e. The Kier molecular flexibility index (Phi) is 6.95. The Morgan fingerprint density at radius 1 is 1.00 bits per heavy atom. The minimum Gasteiger partial charge on any atom is -0.497 e. The van der Waals surface area contributed by atoms with Gasteiger partial charge in [-0.05, 0) is 55.2 Å². The van der Waals surface area contributed by atoms with E-state index in [0.717, 1.165) is 33.8 Å². The van der Waals surface area contributed by atoms with Crippen LogP contribution in [-0.2, 0) is 19.6 Å². The standard InChI is InChI=1S/C24H29NO6S/c1-24(2,23(26)31-5)32(27,28)25-13-11-17(12-14-25)18-9-10-21(22(16-18)30-4)19-7-6-8-20(15-19)29-3/h6-11,15-16H,12-14H2,1-5H3. The van der Waals surface area contributed by atoms with Crippen LogP contribution < -0.4 is 9.47 Å². The summed E-state index contributed by atoms with van der Waals surface area (Å²) >= 11 is 0. The molecule has 1 aliphatic rings. The molecule has 0 N–H and O–H groups in total. The molecule has 1 aliphatic heterocycles. The zero-order valence-corrected chi connectivity index (χ0v) is 19.9. The number of esters is 1. The number of rotatable bonds is 7. The quantitative estimate of drug-likeness (QED) is 0.587. The summed E-state index contributed by atoms with van der Waals surface area (Å²) in [5, 5.41) is 0. The van der Waals surface area contributed by atoms with Gasteiger partial charge in [0.25, 0.3) is 0 Å². The minimum absolute atomic E-state index is 0.193. The molecule has 3 rings (SSSR count). The fraction of sp³-hybridized carbons (Fsp3) is 0.375. The van der Waals surface area contributed by atoms with Crippen LogP contribution in [-0.4, -0.2) is 57.9 Å². The van der Waals surface area contributed by atoms with E-state index < -0.39 is 20.7 Å². The maximum atomic E-state index is 13.0. The lowest BCUT2D eigenvalue weighted by atomic mass is 9.96. The van der Waals surface area contributed by atoms with Crippen molar-refractivity contribution in [3.63, 3.8) is 0 Å². The fourth-order valence-electron chi connectivity index (χ4n) is 3.72. The van der Waals surface area contributed by atoms with Crippen molar-refractivity contribution in [2.24, 2.45) is 0 Å². The number of ether oxygens (including phenoxy) is 3. The first-order chi connectivity index (χ1) is 15.1. The normalized spacial score (nSPS) is 15.1. The molecule has 0 spiro atoms. The summed E-state index contributed by atoms with van der Waals surface area (Å²) in [6.07, 6.45) is 2.41. The van der Waals surface area contributed by atoms with Crippen molar-refractivity contribution >= 4 is 21.6 Å². The van der Waals surface area contributed by atoms with E-state index in [1.54, 1.807) is 14.2 Å². The molecular weight excluding hydrogens is 430 g/mol. The molecule has 0 unspecified atom stereocenters. The summed E-state index contributed by atoms with van der Waals surface area (Å²) in [5.74, 6) is 0.712. The monoisotopic (exact) mass is 459 g/mol. The third kappa shape index (κ3) is 4.38. The van der Waals surface area contributed by atoms with Crippen molar-refractivity contribution in [3.8, 4) is 22.6 Å². The lowest BCUT2D eigenvalue weighted by Gasteiger charge is -2.32. The second-order valence-corrected chi connectivity index (χ2v) is 10.5. The highest BCUT2D eigenvalue weighted by Crippen LogP contribution is 2.36. The third-order valence-corrected chi connectivity index (χ3v) is 8.25. The van der Waals surface area contributed by atoms with Crippen LogP contribution in [0, 0.1) is 0 Å². The predicted octanol–water partition coefficient (Wildman–Crippen LogP) is 3.74. The number of hydrogen-bond donors (Lipinski definition) is 0. The number of nitrogens with zero attached hydrogens (tertiary/aromatic N) is 1. The van der Waals surface area contributed by atoms with Crippen molar-refractivity contribution < 1.29 is 27.4 Å². The Balaban J connectivity index is 1.86. The Bertz CT molecular complexity index is 1140. The molecule has 0 bridgehead atoms. The van der Waals surface area contributed by atoms with E-state index in [9.17, 15) is 13.2 Å². The Hall–Kier alpha value is -2.84. The summed E-state index contributed by atoms with van der Waals surface area (Å²) in [6.45, 7) is 3.22. The van der Waals surface area contributed by atoms with E-state index in [2.05, 4.69) is 4.74 Å². The Labute approximate surface area is 189 Å². The van der Waals surface area contributed by atoms with E-state index in [1.165, 1.54) is 25.3 Å². The van der Waals surface area contributed by atoms with Crippen LogP contribution >= 0.6 is 0 Å². The van der Waals surface area contributed by atoms with Crippen molar-refractivity contribution in [1.82, 2.24) is 4.31 Å². The van der Waals surface area contributed by atoms with Crippen molar-refractivity contribution in [1.29, 1.82) is 0 Å². The van der Waals surface area contributed by atoms with E-state index >= 15 is 0 Å². The number of carbonyl (C=O) groups is 1. The molecule has 0 saturated carbocycles. The van der Waals surface area contributed by atoms with Gasteiger partial charge in [-0.1, -0.05) is 30.3 Å². The number of hydrogen-bond acceptors (Lipinski definition) is 6. The number of benzene rings is 2. The first-order valence-corrected chi connectivity index (χ1v) is 11.7. The molecule has 2 aromatic carbocycles. The van der Waals surface area contributed by atoms with Gasteiger partial charge in [0, 0.05) is 18.7 Å². The van der Waals surface area contributed by atoms with Crippen LogP contribution in [0.1, 0.15) is 25.8 Å². The number of methoxy groups -OCH3 is 3. The molecule has 7 nitrogen and oxygen atoms in total. The molecule has 32 heavy (non-hydrogen) atoms. The van der Waals surface area contributed by atoms with Crippen molar-refractivity contribution in [2.75, 3.05) is 34.4 Å². The summed E-state index contributed by atoms with van der Waals surface area (Å²) in [5.41, 5.74) is 3.92. The smallest absolute Gasteiger partial charge is 0.328 e. The highest BCUT2D eigenvalue weighted by atomic mass is 32.2. The van der Waals surface area contributed by atoms with Crippen LogP contribution in [0.3, 0.4) is 0 Å². The second kappa shape index (κ2) is 9.34. The predicted molar refractivity (Wildman–Crippen MR) is 124 cm³/mol. The topological polar surface area (TPSA) is 82.1 Å². The van der Waals surface area contributed by atoms with Gasteiger partial charge in [0.05, 0.1) is 21.3 Å². The second-order valence-electron chi connectivity index (χ2n) is 7.99. The molecule has 0 aliphatic carbocycles. The number of sulfonamides is 1. The van der Waals surface area contributed by atoms with Gasteiger partial charge in [0.2, 0.25) is 10.0 Å². The molecule has 0 radical (unpaired) electrons. The lowest BCUT2D eigenvalue weighted by molar-refractivity contribution is -0.142. The van der Waals surface area contributed by atoms with Gasteiger partial charge in [-0.25, -0.2) is 8.42 Å². The molecule has 0 atom stereocenters. The van der Waals surface area contributed by atoms with Gasteiger partial charge >= 0.3 is 5.97 Å². The molecule has 8 heteroatoms. The van der Waals surface area contributed by atoms with Crippen LogP contribution in [0.2, 0.25) is 0 Å². The molecule has 1 heterocycles. The van der Waals surface area contributed by atoms with E-state index in [0.29, 0.717) is 6.42 Å². The fourth-order valence-corrected chi connectivity index (χ4v) is 5.27. The zero-order chi connectivity index (χ0) is 23.5. The lowest BCUT2D eigenvalue weighted by Crippen LogP contribution is -2.51. The first-order valence-electron chi connectivity index (χ1n) is 10.3. The van der Waals surface area contributed by atoms with Gasteiger partial charge < -0.3 is 14.2 Å². The van der Waals surface area contributed by atoms with E-state index in [-0.39, 0.29) is 13.1 Å². The maximum absolute atomic E-state index is 13.0. The molecule has 2 aromatic rings. The van der Waals surface area contributed by atoms with Gasteiger partial charge in [0.15, 0.2) is 4.75 Å². The average molecular weight is 460 g/mol. The Morgan fingerprint density at radius 2 is 1.75 bits per heavy atom. The third-order valence-electron chi connectivity index (χ3n) is 5.79. The van der Waals surface area contributed by atoms with E-state index in [4.69, 9.17) is 9.47 Å². The van der Waals surface area contributed by atoms with Crippen LogP contribution in [0.15, 0.2) is 48.5 Å². The van der Waals surface area contributed by atoms with Crippen molar-refractivity contribution in [2.45, 2.75) is 25.0 Å². The summed E-state index contributed by atoms with van der Waals surface area (Å²) in [7, 11) is 0.584. The van der Waals surface area contributed by atoms with Crippen LogP contribution in [0.4, 0.5) is 0 Å². The summed E-state index contributed by atoms with van der Waals surface area (Å²) in [4.78, 5) is 12.0. The van der Waals surface area contributed by atoms with Crippen LogP contribution in [0.5, 0.6) is 11.5 Å². The average Bonchev–Trinajstić information content (AvgIpc) is 2.82. The molecule has 0 aromatic heterocycles. The van der Waals surface area contributed by atoms with Gasteiger partial charge in [-0.2, -0.15) is 4.31 Å². The highest BCUT2D eigenvalue weighted by molar-refractivity contribution is 7.91. The molecule has 172 valence electrons. The first kappa shape index (κ1) is 23.8.